The topological polar surface area (TPSA) is 294 Å². The number of anilines is 3. The molecule has 4 aliphatic heterocycles. The lowest BCUT2D eigenvalue weighted by Crippen LogP contribution is -2.60. The Hall–Kier alpha value is -5.75. The van der Waals surface area contributed by atoms with Crippen LogP contribution in [0.1, 0.15) is 40.5 Å². The summed E-state index contributed by atoms with van der Waals surface area (Å²) in [6, 6.07) is 22.8. The lowest BCUT2D eigenvalue weighted by atomic mass is 9.95. The third kappa shape index (κ3) is 10.2. The van der Waals surface area contributed by atoms with Crippen LogP contribution in [0.25, 0.3) is 33.7 Å². The van der Waals surface area contributed by atoms with Gasteiger partial charge in [0.25, 0.3) is 11.8 Å². The minimum Gasteiger partial charge on any atom is -0.461 e. The maximum absolute atomic E-state index is 14.3. The lowest BCUT2D eigenvalue weighted by molar-refractivity contribution is -0.277. The summed E-state index contributed by atoms with van der Waals surface area (Å²) in [6.45, 7) is -0.818. The van der Waals surface area contributed by atoms with Crippen LogP contribution in [0.4, 0.5) is 17.1 Å². The van der Waals surface area contributed by atoms with Crippen LogP contribution in [-0.2, 0) is 23.9 Å². The monoisotopic (exact) mass is 1060 g/mol. The molecular formula is C53H56Cl2N4O15. The molecule has 392 valence electrons. The highest BCUT2D eigenvalue weighted by atomic mass is 35.5. The molecule has 0 aromatic heterocycles. The summed E-state index contributed by atoms with van der Waals surface area (Å²) in [5, 5.41) is 88.3. The van der Waals surface area contributed by atoms with Gasteiger partial charge in [0, 0.05) is 90.4 Å². The minimum absolute atomic E-state index is 0.000622. The van der Waals surface area contributed by atoms with Gasteiger partial charge in [-0.3, -0.25) is 14.4 Å². The first-order valence-corrected chi connectivity index (χ1v) is 25.1. The van der Waals surface area contributed by atoms with Gasteiger partial charge < -0.3 is 80.6 Å². The molecule has 11 N–H and O–H groups in total. The van der Waals surface area contributed by atoms with Crippen molar-refractivity contribution >= 4 is 91.7 Å². The van der Waals surface area contributed by atoms with E-state index in [0.29, 0.717) is 44.3 Å². The summed E-state index contributed by atoms with van der Waals surface area (Å²) in [6.07, 6.45) is -9.47. The molecule has 4 heterocycles. The third-order valence-electron chi connectivity index (χ3n) is 13.9. The Morgan fingerprint density at radius 3 is 1.54 bits per heavy atom. The van der Waals surface area contributed by atoms with Crippen LogP contribution in [0.2, 0.25) is 0 Å². The van der Waals surface area contributed by atoms with Crippen LogP contribution in [0.15, 0.2) is 91.0 Å². The summed E-state index contributed by atoms with van der Waals surface area (Å²) < 4.78 is 23.6. The Kier molecular flexibility index (Phi) is 16.2. The molecule has 0 radical (unpaired) electrons. The first kappa shape index (κ1) is 53.1. The van der Waals surface area contributed by atoms with Crippen molar-refractivity contribution in [3.05, 3.63) is 113 Å². The van der Waals surface area contributed by atoms with E-state index in [-0.39, 0.29) is 61.1 Å². The van der Waals surface area contributed by atoms with E-state index in [9.17, 15) is 55.2 Å². The van der Waals surface area contributed by atoms with Gasteiger partial charge in [0.15, 0.2) is 0 Å². The second-order valence-electron chi connectivity index (χ2n) is 18.5. The molecule has 2 fully saturated rings. The molecule has 5 aromatic carbocycles. The van der Waals surface area contributed by atoms with Crippen LogP contribution < -0.4 is 30.3 Å². The first-order valence-electron chi connectivity index (χ1n) is 24.0. The number of aliphatic hydroxyl groups is 8. The van der Waals surface area contributed by atoms with E-state index in [2.05, 4.69) is 5.32 Å². The molecule has 2 saturated heterocycles. The molecular weight excluding hydrogens is 1000 g/mol. The highest BCUT2D eigenvalue weighted by Crippen LogP contribution is 2.48. The number of nitrogens with zero attached hydrogens (tertiary/aromatic N) is 2. The number of hydrogen-bond acceptors (Lipinski definition) is 16. The van der Waals surface area contributed by atoms with Crippen LogP contribution in [0, 0.1) is 0 Å². The summed E-state index contributed by atoms with van der Waals surface area (Å²) in [5.74, 6) is -1.10. The Bertz CT molecular complexity index is 2980. The van der Waals surface area contributed by atoms with Crippen molar-refractivity contribution in [2.24, 2.45) is 5.73 Å². The van der Waals surface area contributed by atoms with Crippen molar-refractivity contribution in [1.82, 2.24) is 0 Å². The van der Waals surface area contributed by atoms with E-state index in [1.165, 1.54) is 22.0 Å². The van der Waals surface area contributed by atoms with Crippen LogP contribution >= 0.6 is 23.2 Å². The summed E-state index contributed by atoms with van der Waals surface area (Å²) in [5.41, 5.74) is 9.51. The van der Waals surface area contributed by atoms with Gasteiger partial charge >= 0.3 is 0 Å². The zero-order valence-corrected chi connectivity index (χ0v) is 41.1. The number of nitrogens with one attached hydrogen (secondary N) is 1. The lowest BCUT2D eigenvalue weighted by Gasteiger charge is -2.39. The number of carbonyl (C=O) groups is 3. The van der Waals surface area contributed by atoms with Gasteiger partial charge in [0.1, 0.15) is 60.3 Å². The smallest absolute Gasteiger partial charge is 0.251 e. The third-order valence-corrected chi connectivity index (χ3v) is 14.6. The van der Waals surface area contributed by atoms with Crippen LogP contribution in [0.3, 0.4) is 0 Å². The SMILES string of the molecule is NCCC(=O)Nc1cc(/C=C/C(=O)N2C[C@@H](CCl)c3c2cc(O[C@@H]2O[C@H](CO)[C@H](O)[C@H](O)[C@H]2O)c2ccccc32)ccc1/C=C/C(=O)N1C[C@@H](CCl)c2c1cc(O[C@@H]1O[C@H](CO)[C@H](O)[C@H](O)[C@H]1O)c1ccccc21. The second kappa shape index (κ2) is 22.6. The first-order chi connectivity index (χ1) is 35.7. The highest BCUT2D eigenvalue weighted by Gasteiger charge is 2.47. The second-order valence-corrected chi connectivity index (χ2v) is 19.2. The van der Waals surface area contributed by atoms with Crippen molar-refractivity contribution < 1.29 is 74.2 Å². The maximum atomic E-state index is 14.3. The fourth-order valence-electron chi connectivity index (χ4n) is 10.1. The number of hydrogen-bond donors (Lipinski definition) is 10. The number of ether oxygens (including phenoxy) is 4. The van der Waals surface area contributed by atoms with Crippen LogP contribution in [0.5, 0.6) is 11.5 Å². The average molecular weight is 1060 g/mol. The number of aliphatic hydroxyl groups excluding tert-OH is 8. The molecule has 4 aliphatic rings. The summed E-state index contributed by atoms with van der Waals surface area (Å²) in [7, 11) is 0. The normalized spacial score (nSPS) is 27.8. The molecule has 9 rings (SSSR count). The molecule has 0 aliphatic carbocycles. The Morgan fingerprint density at radius 2 is 1.09 bits per heavy atom. The molecule has 0 bridgehead atoms. The van der Waals surface area contributed by atoms with E-state index in [1.54, 1.807) is 66.7 Å². The minimum atomic E-state index is -1.68. The van der Waals surface area contributed by atoms with Crippen molar-refractivity contribution in [2.45, 2.75) is 79.7 Å². The molecule has 5 aromatic rings. The molecule has 0 spiro atoms. The van der Waals surface area contributed by atoms with E-state index >= 15 is 0 Å². The van der Waals surface area contributed by atoms with E-state index in [1.807, 2.05) is 24.3 Å². The van der Waals surface area contributed by atoms with Crippen molar-refractivity contribution in [3.8, 4) is 11.5 Å². The largest absolute Gasteiger partial charge is 0.461 e. The number of fused-ring (bicyclic) bond motifs is 6. The summed E-state index contributed by atoms with van der Waals surface area (Å²) >= 11 is 13.0. The van der Waals surface area contributed by atoms with Crippen molar-refractivity contribution in [2.75, 3.05) is 59.7 Å². The number of alkyl halides is 2. The van der Waals surface area contributed by atoms with Crippen LogP contribution in [-0.4, -0.2) is 165 Å². The van der Waals surface area contributed by atoms with E-state index in [0.717, 1.165) is 16.5 Å². The Morgan fingerprint density at radius 1 is 0.635 bits per heavy atom. The molecule has 0 saturated carbocycles. The molecule has 21 heteroatoms. The summed E-state index contributed by atoms with van der Waals surface area (Å²) in [4.78, 5) is 44.6. The zero-order valence-electron chi connectivity index (χ0n) is 39.6. The maximum Gasteiger partial charge on any atom is 0.251 e. The molecule has 12 atom stereocenters. The number of rotatable bonds is 15. The fraction of sp³-hybridized carbons (Fsp3) is 0.377. The van der Waals surface area contributed by atoms with Crippen molar-refractivity contribution in [3.63, 3.8) is 0 Å². The average Bonchev–Trinajstić information content (AvgIpc) is 3.99. The molecule has 74 heavy (non-hydrogen) atoms. The number of halogens is 2. The van der Waals surface area contributed by atoms with Gasteiger partial charge in [0.2, 0.25) is 18.5 Å². The fourth-order valence-corrected chi connectivity index (χ4v) is 10.6. The Labute approximate surface area is 434 Å². The van der Waals surface area contributed by atoms with Gasteiger partial charge in [0.05, 0.1) is 24.6 Å². The molecule has 3 amide bonds. The van der Waals surface area contributed by atoms with Gasteiger partial charge in [-0.15, -0.1) is 23.2 Å². The zero-order chi connectivity index (χ0) is 52.5. The number of benzene rings is 5. The number of carbonyl (C=O) groups excluding carboxylic acids is 3. The van der Waals surface area contributed by atoms with Gasteiger partial charge in [-0.1, -0.05) is 60.7 Å². The predicted octanol–water partition coefficient (Wildman–Crippen LogP) is 2.40. The van der Waals surface area contributed by atoms with E-state index < -0.39 is 92.3 Å². The predicted molar refractivity (Wildman–Crippen MR) is 275 cm³/mol. The number of amides is 3. The van der Waals surface area contributed by atoms with Crippen molar-refractivity contribution in [1.29, 1.82) is 0 Å². The highest BCUT2D eigenvalue weighted by molar-refractivity contribution is 6.20. The molecule has 0 unspecified atom stereocenters. The quantitative estimate of drug-likeness (QED) is 0.0532. The van der Waals surface area contributed by atoms with E-state index in [4.69, 9.17) is 47.9 Å². The molecule has 19 nitrogen and oxygen atoms in total. The number of nitrogens with two attached hydrogens (primary N) is 1. The Balaban J connectivity index is 0.984. The van der Waals surface area contributed by atoms with Gasteiger partial charge in [-0.2, -0.15) is 0 Å². The van der Waals surface area contributed by atoms with Gasteiger partial charge in [-0.25, -0.2) is 0 Å². The van der Waals surface area contributed by atoms with Gasteiger partial charge in [-0.05, 0) is 51.2 Å². The standard InChI is InChI=1S/C53H56Cl2N4O15/c54-20-28-22-58(35-18-37(30-5-1-3-7-32(30)44(28)35)71-52-50(69)48(67)46(65)39(24-60)73-52)42(63)13-10-26-9-11-27(34(17-26)57-41(62)15-16-56)12-14-43(64)59-23-29(21-55)45-33-8-4-2-6-31(33)38(19-36(45)59)72-53-51(70)49(68)47(66)40(25-61)74-53/h1-14,17-19,28-29,39-40,46-53,60-61,65-70H,15-16,20-25,56H2,(H,57,62)/b13-10+,14-12+/t28-,29-,39-,40-,46+,47+,48+,49+,50-,51-,52-,53-/m1/s1.